The first-order chi connectivity index (χ1) is 10.3. The van der Waals surface area contributed by atoms with Gasteiger partial charge in [-0.3, -0.25) is 15.0 Å². The SMILES string of the molecule is O=C(CN1CCCNCC1)Nc1nnc(C2CCCO2)s1. The molecule has 1 unspecified atom stereocenters. The van der Waals surface area contributed by atoms with Crippen LogP contribution in [0.1, 0.15) is 30.4 Å². The van der Waals surface area contributed by atoms with Gasteiger partial charge in [-0.25, -0.2) is 0 Å². The molecule has 2 N–H and O–H groups in total. The van der Waals surface area contributed by atoms with Crippen LogP contribution in [-0.4, -0.2) is 60.3 Å². The molecule has 0 bridgehead atoms. The van der Waals surface area contributed by atoms with E-state index in [1.807, 2.05) is 0 Å². The van der Waals surface area contributed by atoms with Crippen molar-refractivity contribution in [3.8, 4) is 0 Å². The maximum absolute atomic E-state index is 12.1. The third kappa shape index (κ3) is 4.19. The molecule has 1 aromatic heterocycles. The molecule has 3 heterocycles. The van der Waals surface area contributed by atoms with E-state index in [2.05, 4.69) is 25.7 Å². The number of hydrogen-bond donors (Lipinski definition) is 2. The standard InChI is InChI=1S/C13H21N5O2S/c19-11(9-18-6-2-4-14-5-7-18)15-13-17-16-12(21-13)10-3-1-8-20-10/h10,14H,1-9H2,(H,15,17,19). The van der Waals surface area contributed by atoms with Gasteiger partial charge in [-0.05, 0) is 32.4 Å². The largest absolute Gasteiger partial charge is 0.371 e. The number of amides is 1. The third-order valence-electron chi connectivity index (χ3n) is 3.69. The molecule has 1 atom stereocenters. The molecular formula is C13H21N5O2S. The first-order valence-electron chi connectivity index (χ1n) is 7.49. The molecule has 0 radical (unpaired) electrons. The Morgan fingerprint density at radius 2 is 2.33 bits per heavy atom. The lowest BCUT2D eigenvalue weighted by atomic mass is 10.2. The van der Waals surface area contributed by atoms with Crippen molar-refractivity contribution in [2.45, 2.75) is 25.4 Å². The van der Waals surface area contributed by atoms with Crippen molar-refractivity contribution in [3.05, 3.63) is 5.01 Å². The van der Waals surface area contributed by atoms with Crippen molar-refractivity contribution in [2.24, 2.45) is 0 Å². The summed E-state index contributed by atoms with van der Waals surface area (Å²) in [6.07, 6.45) is 3.19. The van der Waals surface area contributed by atoms with Crippen molar-refractivity contribution in [2.75, 3.05) is 44.6 Å². The second-order valence-corrected chi connectivity index (χ2v) is 6.38. The highest BCUT2D eigenvalue weighted by Crippen LogP contribution is 2.31. The lowest BCUT2D eigenvalue weighted by molar-refractivity contribution is -0.117. The van der Waals surface area contributed by atoms with Crippen LogP contribution in [-0.2, 0) is 9.53 Å². The summed E-state index contributed by atoms with van der Waals surface area (Å²) in [6.45, 7) is 5.03. The van der Waals surface area contributed by atoms with E-state index in [4.69, 9.17) is 4.74 Å². The van der Waals surface area contributed by atoms with E-state index >= 15 is 0 Å². The second kappa shape index (κ2) is 7.26. The van der Waals surface area contributed by atoms with Crippen LogP contribution in [0, 0.1) is 0 Å². The van der Waals surface area contributed by atoms with Crippen LogP contribution in [0.3, 0.4) is 0 Å². The number of carbonyl (C=O) groups is 1. The molecule has 8 heteroatoms. The van der Waals surface area contributed by atoms with E-state index in [1.165, 1.54) is 11.3 Å². The maximum atomic E-state index is 12.1. The molecule has 0 saturated carbocycles. The zero-order valence-electron chi connectivity index (χ0n) is 12.0. The maximum Gasteiger partial charge on any atom is 0.240 e. The minimum atomic E-state index is -0.0214. The summed E-state index contributed by atoms with van der Waals surface area (Å²) in [4.78, 5) is 14.2. The summed E-state index contributed by atoms with van der Waals surface area (Å²) >= 11 is 1.41. The predicted octanol–water partition coefficient (Wildman–Crippen LogP) is 0.623. The van der Waals surface area contributed by atoms with Crippen LogP contribution >= 0.6 is 11.3 Å². The topological polar surface area (TPSA) is 79.4 Å². The number of anilines is 1. The van der Waals surface area contributed by atoms with Gasteiger partial charge in [-0.1, -0.05) is 11.3 Å². The van der Waals surface area contributed by atoms with E-state index in [0.29, 0.717) is 11.7 Å². The fourth-order valence-corrected chi connectivity index (χ4v) is 3.45. The molecule has 2 saturated heterocycles. The minimum absolute atomic E-state index is 0.0214. The van der Waals surface area contributed by atoms with Gasteiger partial charge in [0.2, 0.25) is 11.0 Å². The molecule has 0 aliphatic carbocycles. The van der Waals surface area contributed by atoms with E-state index in [1.54, 1.807) is 0 Å². The molecule has 1 amide bonds. The number of hydrogen-bond acceptors (Lipinski definition) is 7. The van der Waals surface area contributed by atoms with Crippen LogP contribution < -0.4 is 10.6 Å². The summed E-state index contributed by atoms with van der Waals surface area (Å²) < 4.78 is 5.57. The van der Waals surface area contributed by atoms with Crippen LogP contribution in [0.25, 0.3) is 0 Å². The van der Waals surface area contributed by atoms with Crippen molar-refractivity contribution in [3.63, 3.8) is 0 Å². The Balaban J connectivity index is 1.49. The number of nitrogens with zero attached hydrogens (tertiary/aromatic N) is 3. The first kappa shape index (κ1) is 14.8. The average molecular weight is 311 g/mol. The summed E-state index contributed by atoms with van der Waals surface area (Å²) in [5.74, 6) is -0.0214. The lowest BCUT2D eigenvalue weighted by Gasteiger charge is -2.17. The van der Waals surface area contributed by atoms with Crippen molar-refractivity contribution in [1.82, 2.24) is 20.4 Å². The van der Waals surface area contributed by atoms with Gasteiger partial charge in [-0.15, -0.1) is 10.2 Å². The summed E-state index contributed by atoms with van der Waals surface area (Å²) in [5, 5.41) is 15.8. The minimum Gasteiger partial charge on any atom is -0.371 e. The Kier molecular flexibility index (Phi) is 5.13. The van der Waals surface area contributed by atoms with Gasteiger partial charge in [0.05, 0.1) is 6.54 Å². The van der Waals surface area contributed by atoms with Crippen LogP contribution in [0.15, 0.2) is 0 Å². The Bertz CT molecular complexity index is 467. The van der Waals surface area contributed by atoms with E-state index in [-0.39, 0.29) is 12.0 Å². The Hall–Kier alpha value is -1.09. The molecule has 7 nitrogen and oxygen atoms in total. The molecule has 2 aliphatic rings. The number of carbonyl (C=O) groups excluding carboxylic acids is 1. The van der Waals surface area contributed by atoms with Crippen LogP contribution in [0.5, 0.6) is 0 Å². The van der Waals surface area contributed by atoms with Gasteiger partial charge in [-0.2, -0.15) is 0 Å². The molecule has 21 heavy (non-hydrogen) atoms. The predicted molar refractivity (Wildman–Crippen MR) is 80.4 cm³/mol. The average Bonchev–Trinajstić information content (AvgIpc) is 3.07. The molecule has 0 spiro atoms. The van der Waals surface area contributed by atoms with E-state index in [0.717, 1.165) is 57.1 Å². The molecule has 116 valence electrons. The fraction of sp³-hybridized carbons (Fsp3) is 0.769. The zero-order valence-corrected chi connectivity index (χ0v) is 12.8. The number of rotatable bonds is 4. The van der Waals surface area contributed by atoms with Gasteiger partial charge < -0.3 is 10.1 Å². The Morgan fingerprint density at radius 3 is 3.19 bits per heavy atom. The van der Waals surface area contributed by atoms with Gasteiger partial charge >= 0.3 is 0 Å². The normalized spacial score (nSPS) is 23.9. The van der Waals surface area contributed by atoms with Gasteiger partial charge in [0.15, 0.2) is 0 Å². The number of nitrogens with one attached hydrogen (secondary N) is 2. The van der Waals surface area contributed by atoms with Crippen LogP contribution in [0.4, 0.5) is 5.13 Å². The second-order valence-electron chi connectivity index (χ2n) is 5.37. The smallest absolute Gasteiger partial charge is 0.240 e. The summed E-state index contributed by atoms with van der Waals surface area (Å²) in [7, 11) is 0. The molecule has 0 aromatic carbocycles. The molecule has 3 rings (SSSR count). The molecular weight excluding hydrogens is 290 g/mol. The number of aromatic nitrogens is 2. The number of ether oxygens (including phenoxy) is 1. The fourth-order valence-electron chi connectivity index (χ4n) is 2.61. The van der Waals surface area contributed by atoms with Crippen molar-refractivity contribution < 1.29 is 9.53 Å². The highest BCUT2D eigenvalue weighted by molar-refractivity contribution is 7.15. The third-order valence-corrected chi connectivity index (χ3v) is 4.62. The van der Waals surface area contributed by atoms with E-state index in [9.17, 15) is 4.79 Å². The Labute approximate surface area is 128 Å². The van der Waals surface area contributed by atoms with Crippen LogP contribution in [0.2, 0.25) is 0 Å². The van der Waals surface area contributed by atoms with E-state index < -0.39 is 0 Å². The van der Waals surface area contributed by atoms with Gasteiger partial charge in [0.1, 0.15) is 11.1 Å². The zero-order chi connectivity index (χ0) is 14.5. The molecule has 2 aliphatic heterocycles. The van der Waals surface area contributed by atoms with Crippen molar-refractivity contribution in [1.29, 1.82) is 0 Å². The highest BCUT2D eigenvalue weighted by atomic mass is 32.1. The first-order valence-corrected chi connectivity index (χ1v) is 8.31. The lowest BCUT2D eigenvalue weighted by Crippen LogP contribution is -2.35. The highest BCUT2D eigenvalue weighted by Gasteiger charge is 2.22. The quantitative estimate of drug-likeness (QED) is 0.849. The Morgan fingerprint density at radius 1 is 1.38 bits per heavy atom. The molecule has 1 aromatic rings. The van der Waals surface area contributed by atoms with Gasteiger partial charge in [0.25, 0.3) is 0 Å². The monoisotopic (exact) mass is 311 g/mol. The summed E-state index contributed by atoms with van der Waals surface area (Å²) in [6, 6.07) is 0. The summed E-state index contributed by atoms with van der Waals surface area (Å²) in [5.41, 5.74) is 0. The van der Waals surface area contributed by atoms with Crippen molar-refractivity contribution >= 4 is 22.4 Å². The molecule has 2 fully saturated rings. The van der Waals surface area contributed by atoms with Gasteiger partial charge in [0, 0.05) is 19.7 Å².